The highest BCUT2D eigenvalue weighted by Gasteiger charge is 2.29. The van der Waals surface area contributed by atoms with Crippen LogP contribution >= 0.6 is 0 Å². The molecule has 2 heterocycles. The van der Waals surface area contributed by atoms with Crippen LogP contribution in [0.3, 0.4) is 0 Å². The van der Waals surface area contributed by atoms with Gasteiger partial charge in [0.05, 0.1) is 12.6 Å². The molecule has 1 aliphatic rings. The van der Waals surface area contributed by atoms with Crippen molar-refractivity contribution in [1.29, 1.82) is 0 Å². The monoisotopic (exact) mass is 310 g/mol. The molecule has 1 aromatic rings. The third-order valence-corrected chi connectivity index (χ3v) is 3.86. The predicted octanol–water partition coefficient (Wildman–Crippen LogP) is 2.20. The number of rotatable bonds is 3. The SMILES string of the molecule is CCOC(=O)N1CCN(C(C)c2nc(C(C)(C)C)no2)CC1. The van der Waals surface area contributed by atoms with Crippen molar-refractivity contribution in [2.45, 2.75) is 46.1 Å². The summed E-state index contributed by atoms with van der Waals surface area (Å²) in [5.41, 5.74) is -0.121. The molecule has 1 fully saturated rings. The summed E-state index contributed by atoms with van der Waals surface area (Å²) in [5.74, 6) is 1.36. The lowest BCUT2D eigenvalue weighted by Gasteiger charge is -2.36. The van der Waals surface area contributed by atoms with Crippen molar-refractivity contribution in [2.75, 3.05) is 32.8 Å². The van der Waals surface area contributed by atoms with Crippen LogP contribution < -0.4 is 0 Å². The summed E-state index contributed by atoms with van der Waals surface area (Å²) < 4.78 is 10.4. The van der Waals surface area contributed by atoms with E-state index >= 15 is 0 Å². The van der Waals surface area contributed by atoms with Crippen LogP contribution in [0, 0.1) is 0 Å². The van der Waals surface area contributed by atoms with Crippen molar-refractivity contribution in [3.63, 3.8) is 0 Å². The molecule has 22 heavy (non-hydrogen) atoms. The zero-order chi connectivity index (χ0) is 16.3. The third-order valence-electron chi connectivity index (χ3n) is 3.86. The molecule has 0 spiro atoms. The second-order valence-electron chi connectivity index (χ2n) is 6.60. The number of amides is 1. The molecule has 0 aromatic carbocycles. The van der Waals surface area contributed by atoms with E-state index in [0.29, 0.717) is 25.6 Å². The summed E-state index contributed by atoms with van der Waals surface area (Å²) >= 11 is 0. The van der Waals surface area contributed by atoms with Crippen LogP contribution in [0.1, 0.15) is 52.4 Å². The van der Waals surface area contributed by atoms with Gasteiger partial charge in [-0.05, 0) is 13.8 Å². The standard InChI is InChI=1S/C15H26N4O3/c1-6-21-14(20)19-9-7-18(8-10-19)11(2)12-16-13(17-22-12)15(3,4)5/h11H,6-10H2,1-5H3. The number of aromatic nitrogens is 2. The molecule has 0 aliphatic carbocycles. The number of piperazine rings is 1. The molecular formula is C15H26N4O3. The first-order valence-electron chi connectivity index (χ1n) is 7.82. The zero-order valence-electron chi connectivity index (χ0n) is 14.1. The number of hydrogen-bond donors (Lipinski definition) is 0. The van der Waals surface area contributed by atoms with E-state index in [1.807, 2.05) is 6.92 Å². The number of hydrogen-bond acceptors (Lipinski definition) is 6. The quantitative estimate of drug-likeness (QED) is 0.852. The molecular weight excluding hydrogens is 284 g/mol. The van der Waals surface area contributed by atoms with Crippen LogP contribution in [0.15, 0.2) is 4.52 Å². The summed E-state index contributed by atoms with van der Waals surface area (Å²) in [6.45, 7) is 13.3. The predicted molar refractivity (Wildman–Crippen MR) is 81.6 cm³/mol. The van der Waals surface area contributed by atoms with Gasteiger partial charge in [0, 0.05) is 31.6 Å². The smallest absolute Gasteiger partial charge is 0.409 e. The van der Waals surface area contributed by atoms with Crippen molar-refractivity contribution < 1.29 is 14.1 Å². The van der Waals surface area contributed by atoms with E-state index in [0.717, 1.165) is 18.9 Å². The molecule has 1 saturated heterocycles. The average Bonchev–Trinajstić information content (AvgIpc) is 2.97. The minimum Gasteiger partial charge on any atom is -0.450 e. The molecule has 1 aliphatic heterocycles. The summed E-state index contributed by atoms with van der Waals surface area (Å²) in [6, 6.07) is 0.0490. The van der Waals surface area contributed by atoms with Crippen LogP contribution in [-0.2, 0) is 10.2 Å². The highest BCUT2D eigenvalue weighted by atomic mass is 16.6. The second-order valence-corrected chi connectivity index (χ2v) is 6.60. The largest absolute Gasteiger partial charge is 0.450 e. The Morgan fingerprint density at radius 1 is 1.32 bits per heavy atom. The highest BCUT2D eigenvalue weighted by molar-refractivity contribution is 5.67. The van der Waals surface area contributed by atoms with Crippen molar-refractivity contribution >= 4 is 6.09 Å². The number of nitrogens with zero attached hydrogens (tertiary/aromatic N) is 4. The van der Waals surface area contributed by atoms with E-state index in [9.17, 15) is 4.79 Å². The van der Waals surface area contributed by atoms with Crippen LogP contribution in [0.4, 0.5) is 4.79 Å². The van der Waals surface area contributed by atoms with Gasteiger partial charge in [0.1, 0.15) is 0 Å². The molecule has 7 nitrogen and oxygen atoms in total. The summed E-state index contributed by atoms with van der Waals surface area (Å²) in [5, 5.41) is 4.07. The van der Waals surface area contributed by atoms with Gasteiger partial charge in [-0.1, -0.05) is 25.9 Å². The highest BCUT2D eigenvalue weighted by Crippen LogP contribution is 2.24. The van der Waals surface area contributed by atoms with Crippen molar-refractivity contribution in [1.82, 2.24) is 19.9 Å². The van der Waals surface area contributed by atoms with Gasteiger partial charge < -0.3 is 14.2 Å². The second kappa shape index (κ2) is 6.64. The van der Waals surface area contributed by atoms with Crippen LogP contribution in [0.2, 0.25) is 0 Å². The fraction of sp³-hybridized carbons (Fsp3) is 0.800. The minimum absolute atomic E-state index is 0.0490. The summed E-state index contributed by atoms with van der Waals surface area (Å²) in [6.07, 6.45) is -0.234. The Hall–Kier alpha value is -1.63. The maximum Gasteiger partial charge on any atom is 0.409 e. The van der Waals surface area contributed by atoms with Crippen molar-refractivity contribution in [3.8, 4) is 0 Å². The van der Waals surface area contributed by atoms with Gasteiger partial charge in [-0.2, -0.15) is 4.98 Å². The van der Waals surface area contributed by atoms with E-state index in [2.05, 4.69) is 42.7 Å². The lowest BCUT2D eigenvalue weighted by Crippen LogP contribution is -2.49. The molecule has 0 radical (unpaired) electrons. The van der Waals surface area contributed by atoms with E-state index in [-0.39, 0.29) is 17.6 Å². The first-order chi connectivity index (χ1) is 10.3. The normalized spacial score (nSPS) is 18.3. The summed E-state index contributed by atoms with van der Waals surface area (Å²) in [7, 11) is 0. The van der Waals surface area contributed by atoms with Crippen molar-refractivity contribution in [3.05, 3.63) is 11.7 Å². The van der Waals surface area contributed by atoms with Gasteiger partial charge in [-0.25, -0.2) is 4.79 Å². The van der Waals surface area contributed by atoms with Gasteiger partial charge >= 0.3 is 6.09 Å². The molecule has 7 heteroatoms. The van der Waals surface area contributed by atoms with E-state index in [1.54, 1.807) is 4.90 Å². The molecule has 2 rings (SSSR count). The van der Waals surface area contributed by atoms with Gasteiger partial charge in [-0.15, -0.1) is 0 Å². The minimum atomic E-state index is -0.234. The van der Waals surface area contributed by atoms with E-state index in [4.69, 9.17) is 9.26 Å². The first-order valence-corrected chi connectivity index (χ1v) is 7.82. The molecule has 0 bridgehead atoms. The Morgan fingerprint density at radius 2 is 1.95 bits per heavy atom. The van der Waals surface area contributed by atoms with E-state index in [1.165, 1.54) is 0 Å². The van der Waals surface area contributed by atoms with Gasteiger partial charge in [0.2, 0.25) is 5.89 Å². The topological polar surface area (TPSA) is 71.7 Å². The number of ether oxygens (including phenoxy) is 1. The molecule has 0 N–H and O–H groups in total. The lowest BCUT2D eigenvalue weighted by molar-refractivity contribution is 0.0629. The van der Waals surface area contributed by atoms with Crippen molar-refractivity contribution in [2.24, 2.45) is 0 Å². The molecule has 1 amide bonds. The zero-order valence-corrected chi connectivity index (χ0v) is 14.1. The average molecular weight is 310 g/mol. The van der Waals surface area contributed by atoms with Gasteiger partial charge in [-0.3, -0.25) is 4.90 Å². The van der Waals surface area contributed by atoms with Crippen LogP contribution in [0.25, 0.3) is 0 Å². The van der Waals surface area contributed by atoms with E-state index < -0.39 is 0 Å². The maximum absolute atomic E-state index is 11.7. The lowest BCUT2D eigenvalue weighted by atomic mass is 9.96. The Labute approximate surface area is 131 Å². The molecule has 1 unspecified atom stereocenters. The molecule has 0 saturated carbocycles. The van der Waals surface area contributed by atoms with Gasteiger partial charge in [0.15, 0.2) is 5.82 Å². The Bertz CT molecular complexity index is 501. The Morgan fingerprint density at radius 3 is 2.45 bits per heavy atom. The maximum atomic E-state index is 11.7. The molecule has 1 aromatic heterocycles. The Kier molecular flexibility index (Phi) is 5.05. The third kappa shape index (κ3) is 3.76. The fourth-order valence-corrected chi connectivity index (χ4v) is 2.37. The Balaban J connectivity index is 1.93. The van der Waals surface area contributed by atoms with Crippen LogP contribution in [0.5, 0.6) is 0 Å². The number of carbonyl (C=O) groups excluding carboxylic acids is 1. The van der Waals surface area contributed by atoms with Crippen LogP contribution in [-0.4, -0.2) is 58.8 Å². The number of carbonyl (C=O) groups is 1. The fourth-order valence-electron chi connectivity index (χ4n) is 2.37. The van der Waals surface area contributed by atoms with Gasteiger partial charge in [0.25, 0.3) is 0 Å². The summed E-state index contributed by atoms with van der Waals surface area (Å²) in [4.78, 5) is 20.2. The molecule has 1 atom stereocenters. The molecule has 124 valence electrons. The first kappa shape index (κ1) is 16.7.